The van der Waals surface area contributed by atoms with E-state index in [-0.39, 0.29) is 0 Å². The van der Waals surface area contributed by atoms with Crippen LogP contribution >= 0.6 is 11.6 Å². The molecule has 0 aliphatic carbocycles. The molecular weight excluding hydrogens is 210 g/mol. The molecule has 1 aromatic carbocycles. The highest BCUT2D eigenvalue weighted by Crippen LogP contribution is 2.08. The normalized spacial score (nSPS) is 11.5. The maximum atomic E-state index is 5.64. The van der Waals surface area contributed by atoms with Crippen LogP contribution in [-0.4, -0.2) is 18.7 Å². The molecular formula is C12H16ClNO. The second-order valence-corrected chi connectivity index (χ2v) is 3.61. The van der Waals surface area contributed by atoms with E-state index in [4.69, 9.17) is 16.4 Å². The zero-order valence-corrected chi connectivity index (χ0v) is 9.70. The fourth-order valence-electron chi connectivity index (χ4n) is 1.37. The molecule has 1 aromatic rings. The van der Waals surface area contributed by atoms with E-state index in [1.54, 1.807) is 7.11 Å². The van der Waals surface area contributed by atoms with Crippen molar-refractivity contribution in [2.75, 3.05) is 13.0 Å². The molecule has 2 nitrogen and oxygen atoms in total. The summed E-state index contributed by atoms with van der Waals surface area (Å²) in [5.74, 6) is 0.703. The third-order valence-electron chi connectivity index (χ3n) is 2.11. The largest absolute Gasteiger partial charge is 0.399 e. The van der Waals surface area contributed by atoms with Crippen LogP contribution in [0.2, 0.25) is 0 Å². The summed E-state index contributed by atoms with van der Waals surface area (Å²) in [6.07, 6.45) is 2.96. The summed E-state index contributed by atoms with van der Waals surface area (Å²) >= 11 is 5.64. The Bertz CT molecular complexity index is 298. The smallest absolute Gasteiger partial charge is 0.106 e. The molecule has 0 aliphatic heterocycles. The Morgan fingerprint density at radius 3 is 2.60 bits per heavy atom. The van der Waals surface area contributed by atoms with Crippen molar-refractivity contribution < 1.29 is 4.84 Å². The van der Waals surface area contributed by atoms with Gasteiger partial charge in [-0.25, -0.2) is 0 Å². The first-order valence-electron chi connectivity index (χ1n) is 5.10. The van der Waals surface area contributed by atoms with Gasteiger partial charge in [-0.05, 0) is 24.8 Å². The molecule has 0 bridgehead atoms. The van der Waals surface area contributed by atoms with Gasteiger partial charge in [0.2, 0.25) is 0 Å². The first kappa shape index (κ1) is 12.1. The molecule has 82 valence electrons. The summed E-state index contributed by atoms with van der Waals surface area (Å²) in [5, 5.41) is 4.04. The van der Waals surface area contributed by atoms with E-state index in [1.165, 1.54) is 0 Å². The van der Waals surface area contributed by atoms with Crippen LogP contribution in [-0.2, 0) is 4.84 Å². The third-order valence-corrected chi connectivity index (χ3v) is 2.37. The fraction of sp³-hybridized carbons (Fsp3) is 0.417. The Morgan fingerprint density at radius 1 is 1.27 bits per heavy atom. The molecule has 0 saturated carbocycles. The molecule has 0 fully saturated rings. The van der Waals surface area contributed by atoms with Crippen LogP contribution in [0.4, 0.5) is 0 Å². The molecule has 0 radical (unpaired) electrons. The fourth-order valence-corrected chi connectivity index (χ4v) is 1.56. The predicted molar refractivity (Wildman–Crippen MR) is 64.6 cm³/mol. The van der Waals surface area contributed by atoms with Crippen molar-refractivity contribution in [3.8, 4) is 0 Å². The summed E-state index contributed by atoms with van der Waals surface area (Å²) in [6, 6.07) is 10.1. The lowest BCUT2D eigenvalue weighted by Crippen LogP contribution is -2.01. The van der Waals surface area contributed by atoms with Crippen LogP contribution in [0, 0.1) is 0 Å². The first-order chi connectivity index (χ1) is 7.38. The molecule has 0 unspecified atom stereocenters. The summed E-state index contributed by atoms with van der Waals surface area (Å²) in [6.45, 7) is 0. The Hall–Kier alpha value is -1.02. The average Bonchev–Trinajstić information content (AvgIpc) is 2.29. The van der Waals surface area contributed by atoms with Gasteiger partial charge in [-0.2, -0.15) is 0 Å². The van der Waals surface area contributed by atoms with Crippen LogP contribution in [0.3, 0.4) is 0 Å². The second kappa shape index (κ2) is 7.30. The monoisotopic (exact) mass is 225 g/mol. The third kappa shape index (κ3) is 4.34. The quantitative estimate of drug-likeness (QED) is 0.315. The Morgan fingerprint density at radius 2 is 2.00 bits per heavy atom. The number of halogens is 1. The van der Waals surface area contributed by atoms with Gasteiger partial charge in [-0.3, -0.25) is 0 Å². The molecule has 0 amide bonds. The number of nitrogens with zero attached hydrogens (tertiary/aromatic N) is 1. The predicted octanol–water partition coefficient (Wildman–Crippen LogP) is 3.45. The van der Waals surface area contributed by atoms with Crippen molar-refractivity contribution in [2.24, 2.45) is 5.16 Å². The van der Waals surface area contributed by atoms with Crippen molar-refractivity contribution in [3.63, 3.8) is 0 Å². The molecule has 0 spiro atoms. The van der Waals surface area contributed by atoms with Gasteiger partial charge < -0.3 is 4.84 Å². The van der Waals surface area contributed by atoms with E-state index in [0.717, 1.165) is 30.5 Å². The van der Waals surface area contributed by atoms with E-state index < -0.39 is 0 Å². The van der Waals surface area contributed by atoms with Crippen molar-refractivity contribution in [1.82, 2.24) is 0 Å². The zero-order chi connectivity index (χ0) is 10.9. The van der Waals surface area contributed by atoms with Crippen LogP contribution < -0.4 is 0 Å². The summed E-state index contributed by atoms with van der Waals surface area (Å²) in [4.78, 5) is 4.84. The topological polar surface area (TPSA) is 21.6 Å². The average molecular weight is 226 g/mol. The van der Waals surface area contributed by atoms with Crippen LogP contribution in [0.1, 0.15) is 24.8 Å². The lowest BCUT2D eigenvalue weighted by atomic mass is 10.1. The highest BCUT2D eigenvalue weighted by molar-refractivity contribution is 6.17. The summed E-state index contributed by atoms with van der Waals surface area (Å²) in [7, 11) is 1.57. The summed E-state index contributed by atoms with van der Waals surface area (Å²) in [5.41, 5.74) is 2.11. The lowest BCUT2D eigenvalue weighted by molar-refractivity contribution is 0.212. The van der Waals surface area contributed by atoms with Gasteiger partial charge in [0, 0.05) is 5.88 Å². The molecule has 15 heavy (non-hydrogen) atoms. The van der Waals surface area contributed by atoms with Gasteiger partial charge >= 0.3 is 0 Å². The van der Waals surface area contributed by atoms with Gasteiger partial charge in [0.15, 0.2) is 0 Å². The zero-order valence-electron chi connectivity index (χ0n) is 8.95. The van der Waals surface area contributed by atoms with Gasteiger partial charge in [-0.1, -0.05) is 35.5 Å². The molecule has 1 rings (SSSR count). The maximum Gasteiger partial charge on any atom is 0.106 e. The molecule has 0 heterocycles. The SMILES string of the molecule is CO/N=C(\CCCCCl)c1ccccc1. The minimum absolute atomic E-state index is 0.703. The van der Waals surface area contributed by atoms with Crippen molar-refractivity contribution in [2.45, 2.75) is 19.3 Å². The molecule has 0 aromatic heterocycles. The second-order valence-electron chi connectivity index (χ2n) is 3.23. The molecule has 0 saturated heterocycles. The van der Waals surface area contributed by atoms with E-state index >= 15 is 0 Å². The van der Waals surface area contributed by atoms with Crippen molar-refractivity contribution in [3.05, 3.63) is 35.9 Å². The van der Waals surface area contributed by atoms with E-state index in [9.17, 15) is 0 Å². The van der Waals surface area contributed by atoms with E-state index in [0.29, 0.717) is 5.88 Å². The minimum Gasteiger partial charge on any atom is -0.399 e. The first-order valence-corrected chi connectivity index (χ1v) is 5.63. The minimum atomic E-state index is 0.703. The van der Waals surface area contributed by atoms with Crippen LogP contribution in [0.5, 0.6) is 0 Å². The number of rotatable bonds is 6. The van der Waals surface area contributed by atoms with Gasteiger partial charge in [0.05, 0.1) is 5.71 Å². The maximum absolute atomic E-state index is 5.64. The molecule has 3 heteroatoms. The number of hydrogen-bond donors (Lipinski definition) is 0. The number of unbranched alkanes of at least 4 members (excludes halogenated alkanes) is 1. The van der Waals surface area contributed by atoms with E-state index in [2.05, 4.69) is 5.16 Å². The highest BCUT2D eigenvalue weighted by atomic mass is 35.5. The van der Waals surface area contributed by atoms with Crippen molar-refractivity contribution >= 4 is 17.3 Å². The summed E-state index contributed by atoms with van der Waals surface area (Å²) < 4.78 is 0. The Labute approximate surface area is 95.9 Å². The lowest BCUT2D eigenvalue weighted by Gasteiger charge is -2.04. The molecule has 0 atom stereocenters. The highest BCUT2D eigenvalue weighted by Gasteiger charge is 2.03. The van der Waals surface area contributed by atoms with Gasteiger partial charge in [-0.15, -0.1) is 11.6 Å². The number of alkyl halides is 1. The standard InChI is InChI=1S/C12H16ClNO/c1-15-14-12(9-5-6-10-13)11-7-3-2-4-8-11/h2-4,7-8H,5-6,9-10H2,1H3/b14-12+. The van der Waals surface area contributed by atoms with Gasteiger partial charge in [0.1, 0.15) is 7.11 Å². The van der Waals surface area contributed by atoms with Crippen LogP contribution in [0.15, 0.2) is 35.5 Å². The number of oxime groups is 1. The Kier molecular flexibility index (Phi) is 5.86. The van der Waals surface area contributed by atoms with Crippen LogP contribution in [0.25, 0.3) is 0 Å². The molecule has 0 aliphatic rings. The van der Waals surface area contributed by atoms with E-state index in [1.807, 2.05) is 30.3 Å². The number of benzene rings is 1. The molecule has 0 N–H and O–H groups in total. The van der Waals surface area contributed by atoms with Gasteiger partial charge in [0.25, 0.3) is 0 Å². The van der Waals surface area contributed by atoms with Crippen molar-refractivity contribution in [1.29, 1.82) is 0 Å². The number of hydrogen-bond acceptors (Lipinski definition) is 2. The Balaban J connectivity index is 2.63.